The summed E-state index contributed by atoms with van der Waals surface area (Å²) in [6.45, 7) is 0. The van der Waals surface area contributed by atoms with Gasteiger partial charge < -0.3 is 10.1 Å². The molecule has 0 spiro atoms. The second kappa shape index (κ2) is 6.31. The van der Waals surface area contributed by atoms with Gasteiger partial charge in [-0.15, -0.1) is 0 Å². The van der Waals surface area contributed by atoms with Crippen LogP contribution in [0.2, 0.25) is 5.02 Å². The molecular weight excluding hydrogens is 264 g/mol. The van der Waals surface area contributed by atoms with Gasteiger partial charge in [0.05, 0.1) is 5.02 Å². The van der Waals surface area contributed by atoms with Gasteiger partial charge in [-0.05, 0) is 17.7 Å². The van der Waals surface area contributed by atoms with Crippen molar-refractivity contribution in [3.8, 4) is 0 Å². The summed E-state index contributed by atoms with van der Waals surface area (Å²) in [5.41, 5.74) is 0.788. The third kappa shape index (κ3) is 3.53. The number of carbonyl (C=O) groups is 1. The lowest BCUT2D eigenvalue weighted by Crippen LogP contribution is -2.23. The monoisotopic (exact) mass is 276 g/mol. The molecule has 4 nitrogen and oxygen atoms in total. The molecule has 0 fully saturated rings. The Morgan fingerprint density at radius 1 is 1.26 bits per heavy atom. The van der Waals surface area contributed by atoms with Crippen LogP contribution in [0.5, 0.6) is 0 Å². The molecule has 1 N–H and O–H groups in total. The minimum Gasteiger partial charge on any atom is -0.367 e. The standard InChI is InChI=1S/C14H13ClN2O2/c1-19-13(10-5-3-2-4-6-10)14(18)17-12-8-7-11(15)9-16-12/h2-9,13H,1H3,(H,16,17,18). The Hall–Kier alpha value is -1.91. The van der Waals surface area contributed by atoms with Crippen LogP contribution in [0.1, 0.15) is 11.7 Å². The number of pyridine rings is 1. The fourth-order valence-electron chi connectivity index (χ4n) is 1.66. The minimum atomic E-state index is -0.668. The lowest BCUT2D eigenvalue weighted by Gasteiger charge is -2.15. The van der Waals surface area contributed by atoms with Gasteiger partial charge in [0.15, 0.2) is 6.10 Å². The van der Waals surface area contributed by atoms with E-state index in [1.807, 2.05) is 30.3 Å². The van der Waals surface area contributed by atoms with Gasteiger partial charge >= 0.3 is 0 Å². The third-order valence-electron chi connectivity index (χ3n) is 2.55. The molecule has 1 atom stereocenters. The molecule has 1 aromatic heterocycles. The van der Waals surface area contributed by atoms with E-state index in [-0.39, 0.29) is 5.91 Å². The lowest BCUT2D eigenvalue weighted by molar-refractivity contribution is -0.126. The number of hydrogen-bond acceptors (Lipinski definition) is 3. The molecule has 0 bridgehead atoms. The summed E-state index contributed by atoms with van der Waals surface area (Å²) in [4.78, 5) is 16.1. The van der Waals surface area contributed by atoms with E-state index >= 15 is 0 Å². The zero-order valence-electron chi connectivity index (χ0n) is 10.3. The Kier molecular flexibility index (Phi) is 4.49. The predicted molar refractivity (Wildman–Crippen MR) is 74.1 cm³/mol. The molecule has 0 aliphatic heterocycles. The second-order valence-electron chi connectivity index (χ2n) is 3.88. The minimum absolute atomic E-state index is 0.275. The Morgan fingerprint density at radius 2 is 2.00 bits per heavy atom. The van der Waals surface area contributed by atoms with Crippen LogP contribution in [0.4, 0.5) is 5.82 Å². The maximum absolute atomic E-state index is 12.1. The number of amides is 1. The van der Waals surface area contributed by atoms with Crippen molar-refractivity contribution in [1.29, 1.82) is 0 Å². The Bertz CT molecular complexity index is 543. The van der Waals surface area contributed by atoms with Crippen LogP contribution in [0.25, 0.3) is 0 Å². The van der Waals surface area contributed by atoms with Crippen molar-refractivity contribution in [1.82, 2.24) is 4.98 Å². The highest BCUT2D eigenvalue weighted by Gasteiger charge is 2.20. The van der Waals surface area contributed by atoms with Crippen molar-refractivity contribution in [2.45, 2.75) is 6.10 Å². The van der Waals surface area contributed by atoms with Crippen LogP contribution in [0, 0.1) is 0 Å². The summed E-state index contributed by atoms with van der Waals surface area (Å²) in [6.07, 6.45) is 0.806. The van der Waals surface area contributed by atoms with Gasteiger partial charge in [-0.3, -0.25) is 4.79 Å². The first kappa shape index (κ1) is 13.5. The van der Waals surface area contributed by atoms with E-state index in [2.05, 4.69) is 10.3 Å². The maximum atomic E-state index is 12.1. The van der Waals surface area contributed by atoms with Crippen molar-refractivity contribution >= 4 is 23.3 Å². The summed E-state index contributed by atoms with van der Waals surface area (Å²) in [7, 11) is 1.49. The van der Waals surface area contributed by atoms with E-state index in [1.165, 1.54) is 13.3 Å². The zero-order chi connectivity index (χ0) is 13.7. The van der Waals surface area contributed by atoms with E-state index in [0.29, 0.717) is 10.8 Å². The molecule has 19 heavy (non-hydrogen) atoms. The highest BCUT2D eigenvalue weighted by atomic mass is 35.5. The Labute approximate surface area is 116 Å². The number of aromatic nitrogens is 1. The summed E-state index contributed by atoms with van der Waals surface area (Å²) in [5.74, 6) is 0.163. The average molecular weight is 277 g/mol. The summed E-state index contributed by atoms with van der Waals surface area (Å²) < 4.78 is 5.23. The van der Waals surface area contributed by atoms with Gasteiger partial charge in [0, 0.05) is 13.3 Å². The van der Waals surface area contributed by atoms with Gasteiger partial charge in [-0.25, -0.2) is 4.98 Å². The van der Waals surface area contributed by atoms with Gasteiger partial charge in [0.1, 0.15) is 5.82 Å². The Balaban J connectivity index is 2.11. The smallest absolute Gasteiger partial charge is 0.259 e. The topological polar surface area (TPSA) is 51.2 Å². The van der Waals surface area contributed by atoms with Gasteiger partial charge in [-0.2, -0.15) is 0 Å². The number of nitrogens with zero attached hydrogens (tertiary/aromatic N) is 1. The number of carbonyl (C=O) groups excluding carboxylic acids is 1. The number of nitrogens with one attached hydrogen (secondary N) is 1. The summed E-state index contributed by atoms with van der Waals surface area (Å²) in [6, 6.07) is 12.6. The molecule has 0 radical (unpaired) electrons. The van der Waals surface area contributed by atoms with Crippen LogP contribution in [-0.2, 0) is 9.53 Å². The number of rotatable bonds is 4. The number of benzene rings is 1. The van der Waals surface area contributed by atoms with E-state index < -0.39 is 6.10 Å². The van der Waals surface area contributed by atoms with Crippen LogP contribution >= 0.6 is 11.6 Å². The number of ether oxygens (including phenoxy) is 1. The summed E-state index contributed by atoms with van der Waals surface area (Å²) in [5, 5.41) is 3.20. The average Bonchev–Trinajstić information content (AvgIpc) is 2.43. The van der Waals surface area contributed by atoms with Crippen molar-refractivity contribution < 1.29 is 9.53 Å². The van der Waals surface area contributed by atoms with Crippen LogP contribution in [0.15, 0.2) is 48.7 Å². The highest BCUT2D eigenvalue weighted by Crippen LogP contribution is 2.18. The molecule has 1 heterocycles. The van der Waals surface area contributed by atoms with E-state index in [4.69, 9.17) is 16.3 Å². The predicted octanol–water partition coefficient (Wildman–Crippen LogP) is 3.06. The number of methoxy groups -OCH3 is 1. The number of hydrogen-bond donors (Lipinski definition) is 1. The molecule has 0 aliphatic carbocycles. The SMILES string of the molecule is COC(C(=O)Nc1ccc(Cl)cn1)c1ccccc1. The lowest BCUT2D eigenvalue weighted by atomic mass is 10.1. The fourth-order valence-corrected chi connectivity index (χ4v) is 1.78. The van der Waals surface area contributed by atoms with Crippen molar-refractivity contribution in [3.05, 3.63) is 59.2 Å². The third-order valence-corrected chi connectivity index (χ3v) is 2.78. The molecular formula is C14H13ClN2O2. The van der Waals surface area contributed by atoms with Gasteiger partial charge in [0.25, 0.3) is 5.91 Å². The molecule has 5 heteroatoms. The van der Waals surface area contributed by atoms with E-state index in [1.54, 1.807) is 12.1 Å². The van der Waals surface area contributed by atoms with Crippen LogP contribution in [0.3, 0.4) is 0 Å². The van der Waals surface area contributed by atoms with Crippen LogP contribution < -0.4 is 5.32 Å². The van der Waals surface area contributed by atoms with E-state index in [9.17, 15) is 4.79 Å². The van der Waals surface area contributed by atoms with Gasteiger partial charge in [-0.1, -0.05) is 41.9 Å². The molecule has 0 saturated heterocycles. The van der Waals surface area contributed by atoms with Crippen molar-refractivity contribution in [2.24, 2.45) is 0 Å². The molecule has 98 valence electrons. The molecule has 0 aliphatic rings. The highest BCUT2D eigenvalue weighted by molar-refractivity contribution is 6.30. The largest absolute Gasteiger partial charge is 0.367 e. The molecule has 1 amide bonds. The number of anilines is 1. The zero-order valence-corrected chi connectivity index (χ0v) is 11.1. The molecule has 0 saturated carbocycles. The second-order valence-corrected chi connectivity index (χ2v) is 4.31. The van der Waals surface area contributed by atoms with E-state index in [0.717, 1.165) is 5.56 Å². The first-order valence-corrected chi connectivity index (χ1v) is 6.08. The molecule has 2 aromatic rings. The molecule has 2 rings (SSSR count). The Morgan fingerprint density at radius 3 is 2.58 bits per heavy atom. The first-order valence-electron chi connectivity index (χ1n) is 5.71. The summed E-state index contributed by atoms with van der Waals surface area (Å²) >= 11 is 5.73. The normalized spacial score (nSPS) is 11.9. The first-order chi connectivity index (χ1) is 9.20. The quantitative estimate of drug-likeness (QED) is 0.934. The molecule has 1 unspecified atom stereocenters. The van der Waals surface area contributed by atoms with Crippen molar-refractivity contribution in [2.75, 3.05) is 12.4 Å². The van der Waals surface area contributed by atoms with Crippen LogP contribution in [-0.4, -0.2) is 18.0 Å². The van der Waals surface area contributed by atoms with Gasteiger partial charge in [0.2, 0.25) is 0 Å². The maximum Gasteiger partial charge on any atom is 0.259 e. The fraction of sp³-hybridized carbons (Fsp3) is 0.143. The van der Waals surface area contributed by atoms with Crippen molar-refractivity contribution in [3.63, 3.8) is 0 Å². The number of halogens is 1. The molecule has 1 aromatic carbocycles.